The van der Waals surface area contributed by atoms with Crippen LogP contribution in [0.15, 0.2) is 36.7 Å². The lowest BCUT2D eigenvalue weighted by Crippen LogP contribution is -2.49. The molecule has 2 aromatic rings. The molecule has 3 rings (SSSR count). The summed E-state index contributed by atoms with van der Waals surface area (Å²) in [6, 6.07) is 6.61. The van der Waals surface area contributed by atoms with Crippen molar-refractivity contribution >= 4 is 17.5 Å². The van der Waals surface area contributed by atoms with E-state index < -0.39 is 5.91 Å². The van der Waals surface area contributed by atoms with Crippen LogP contribution in [0, 0.1) is 0 Å². The summed E-state index contributed by atoms with van der Waals surface area (Å²) < 4.78 is 2.23. The molecule has 0 aliphatic carbocycles. The van der Waals surface area contributed by atoms with E-state index in [9.17, 15) is 9.59 Å². The molecule has 0 spiro atoms. The molecule has 1 aliphatic heterocycles. The summed E-state index contributed by atoms with van der Waals surface area (Å²) in [4.78, 5) is 32.4. The second-order valence-electron chi connectivity index (χ2n) is 7.74. The highest BCUT2D eigenvalue weighted by atomic mass is 16.2. The first kappa shape index (κ1) is 21.0. The smallest absolute Gasteiger partial charge is 0.248 e. The largest absolute Gasteiger partial charge is 0.366 e. The molecule has 1 fully saturated rings. The maximum Gasteiger partial charge on any atom is 0.248 e. The Morgan fingerprint density at radius 1 is 1.07 bits per heavy atom. The van der Waals surface area contributed by atoms with Crippen LogP contribution in [-0.4, -0.2) is 70.4 Å². The number of aromatic nitrogens is 2. The number of rotatable bonds is 8. The quantitative estimate of drug-likeness (QED) is 0.700. The van der Waals surface area contributed by atoms with E-state index >= 15 is 0 Å². The number of benzene rings is 1. The standard InChI is InChI=1S/C21H30N6O2/c1-16(2)21-23-7-8-27(21)14-13-25-9-11-26(12-10-25)15-19(28)24-18-5-3-17(4-6-18)20(22)29/h3-8,16H,9-15H2,1-2H3,(H2,22,29)(H,24,28). The van der Waals surface area contributed by atoms with Crippen LogP contribution in [0.25, 0.3) is 0 Å². The van der Waals surface area contributed by atoms with Crippen molar-refractivity contribution in [2.24, 2.45) is 5.73 Å². The van der Waals surface area contributed by atoms with E-state index in [1.165, 1.54) is 0 Å². The van der Waals surface area contributed by atoms with Crippen LogP contribution in [0.2, 0.25) is 0 Å². The van der Waals surface area contributed by atoms with Gasteiger partial charge in [0.25, 0.3) is 0 Å². The molecule has 0 unspecified atom stereocenters. The molecule has 0 radical (unpaired) electrons. The summed E-state index contributed by atoms with van der Waals surface area (Å²) >= 11 is 0. The average Bonchev–Trinajstić information content (AvgIpc) is 3.17. The molecular formula is C21H30N6O2. The Balaban J connectivity index is 1.39. The molecule has 3 N–H and O–H groups in total. The summed E-state index contributed by atoms with van der Waals surface area (Å²) in [6.07, 6.45) is 3.92. The van der Waals surface area contributed by atoms with Gasteiger partial charge in [-0.3, -0.25) is 19.4 Å². The molecule has 1 aromatic heterocycles. The van der Waals surface area contributed by atoms with Crippen molar-refractivity contribution < 1.29 is 9.59 Å². The van der Waals surface area contributed by atoms with Gasteiger partial charge in [0.1, 0.15) is 5.82 Å². The van der Waals surface area contributed by atoms with Gasteiger partial charge in [0.2, 0.25) is 11.8 Å². The number of nitrogens with zero attached hydrogens (tertiary/aromatic N) is 4. The van der Waals surface area contributed by atoms with Crippen LogP contribution in [-0.2, 0) is 11.3 Å². The van der Waals surface area contributed by atoms with Gasteiger partial charge in [-0.25, -0.2) is 4.98 Å². The van der Waals surface area contributed by atoms with Crippen molar-refractivity contribution in [1.29, 1.82) is 0 Å². The van der Waals surface area contributed by atoms with Gasteiger partial charge >= 0.3 is 0 Å². The van der Waals surface area contributed by atoms with Crippen LogP contribution in [0.4, 0.5) is 5.69 Å². The van der Waals surface area contributed by atoms with Gasteiger partial charge in [-0.1, -0.05) is 13.8 Å². The van der Waals surface area contributed by atoms with Crippen LogP contribution in [0.1, 0.15) is 35.9 Å². The van der Waals surface area contributed by atoms with Gasteiger partial charge in [-0.15, -0.1) is 0 Å². The highest BCUT2D eigenvalue weighted by Crippen LogP contribution is 2.12. The molecule has 8 nitrogen and oxygen atoms in total. The molecule has 8 heteroatoms. The lowest BCUT2D eigenvalue weighted by Gasteiger charge is -2.34. The van der Waals surface area contributed by atoms with E-state index in [-0.39, 0.29) is 5.91 Å². The SMILES string of the molecule is CC(C)c1nccn1CCN1CCN(CC(=O)Nc2ccc(C(N)=O)cc2)CC1. The predicted molar refractivity (Wildman–Crippen MR) is 113 cm³/mol. The van der Waals surface area contributed by atoms with Gasteiger partial charge in [0, 0.05) is 68.8 Å². The lowest BCUT2D eigenvalue weighted by atomic mass is 10.2. The van der Waals surface area contributed by atoms with Crippen LogP contribution in [0.3, 0.4) is 0 Å². The monoisotopic (exact) mass is 398 g/mol. The zero-order valence-electron chi connectivity index (χ0n) is 17.2. The molecule has 156 valence electrons. The van der Waals surface area contributed by atoms with Crippen molar-refractivity contribution in [1.82, 2.24) is 19.4 Å². The van der Waals surface area contributed by atoms with Gasteiger partial charge in [0.05, 0.1) is 6.54 Å². The maximum absolute atomic E-state index is 12.3. The number of primary amides is 1. The Morgan fingerprint density at radius 2 is 1.72 bits per heavy atom. The molecular weight excluding hydrogens is 368 g/mol. The Morgan fingerprint density at radius 3 is 2.34 bits per heavy atom. The number of nitrogens with one attached hydrogen (secondary N) is 1. The minimum absolute atomic E-state index is 0.0507. The van der Waals surface area contributed by atoms with Crippen molar-refractivity contribution in [3.8, 4) is 0 Å². The number of hydrogen-bond acceptors (Lipinski definition) is 5. The van der Waals surface area contributed by atoms with Crippen LogP contribution >= 0.6 is 0 Å². The van der Waals surface area contributed by atoms with Crippen molar-refractivity contribution in [2.75, 3.05) is 44.6 Å². The van der Waals surface area contributed by atoms with Crippen molar-refractivity contribution in [3.63, 3.8) is 0 Å². The highest BCUT2D eigenvalue weighted by molar-refractivity contribution is 5.95. The minimum Gasteiger partial charge on any atom is -0.366 e. The topological polar surface area (TPSA) is 96.5 Å². The molecule has 29 heavy (non-hydrogen) atoms. The third-order valence-corrected chi connectivity index (χ3v) is 5.21. The molecule has 0 bridgehead atoms. The summed E-state index contributed by atoms with van der Waals surface area (Å²) in [6.45, 7) is 10.3. The number of carbonyl (C=O) groups is 2. The van der Waals surface area contributed by atoms with Crippen molar-refractivity contribution in [3.05, 3.63) is 48.0 Å². The second-order valence-corrected chi connectivity index (χ2v) is 7.74. The number of hydrogen-bond donors (Lipinski definition) is 2. The first-order chi connectivity index (χ1) is 13.9. The van der Waals surface area contributed by atoms with E-state index in [0.717, 1.165) is 45.1 Å². The second kappa shape index (κ2) is 9.67. The van der Waals surface area contributed by atoms with Crippen LogP contribution < -0.4 is 11.1 Å². The average molecular weight is 399 g/mol. The van der Waals surface area contributed by atoms with Crippen molar-refractivity contribution in [2.45, 2.75) is 26.3 Å². The van der Waals surface area contributed by atoms with Gasteiger partial charge < -0.3 is 15.6 Å². The number of anilines is 1. The molecule has 1 aromatic carbocycles. The zero-order valence-corrected chi connectivity index (χ0v) is 17.2. The van der Waals surface area contributed by atoms with E-state index in [0.29, 0.717) is 23.7 Å². The number of carbonyl (C=O) groups excluding carboxylic acids is 2. The van der Waals surface area contributed by atoms with E-state index in [1.54, 1.807) is 24.3 Å². The number of imidazole rings is 1. The molecule has 0 atom stereocenters. The fourth-order valence-corrected chi connectivity index (χ4v) is 3.55. The first-order valence-electron chi connectivity index (χ1n) is 10.1. The molecule has 1 aliphatic rings. The Labute approximate surface area is 171 Å². The van der Waals surface area contributed by atoms with E-state index in [2.05, 4.69) is 38.5 Å². The maximum atomic E-state index is 12.3. The van der Waals surface area contributed by atoms with Gasteiger partial charge in [-0.05, 0) is 24.3 Å². The minimum atomic E-state index is -0.478. The van der Waals surface area contributed by atoms with E-state index in [4.69, 9.17) is 5.73 Å². The third kappa shape index (κ3) is 5.88. The summed E-state index contributed by atoms with van der Waals surface area (Å²) in [7, 11) is 0. The predicted octanol–water partition coefficient (Wildman–Crippen LogP) is 1.36. The lowest BCUT2D eigenvalue weighted by molar-refractivity contribution is -0.117. The fraction of sp³-hybridized carbons (Fsp3) is 0.476. The van der Waals surface area contributed by atoms with Crippen LogP contribution in [0.5, 0.6) is 0 Å². The highest BCUT2D eigenvalue weighted by Gasteiger charge is 2.19. The number of amides is 2. The fourth-order valence-electron chi connectivity index (χ4n) is 3.55. The number of nitrogens with two attached hydrogens (primary N) is 1. The summed E-state index contributed by atoms with van der Waals surface area (Å²) in [5.74, 6) is 1.02. The van der Waals surface area contributed by atoms with E-state index in [1.807, 2.05) is 12.4 Å². The number of piperazine rings is 1. The molecule has 2 heterocycles. The Bertz CT molecular complexity index is 822. The molecule has 0 saturated carbocycles. The Kier molecular flexibility index (Phi) is 7.00. The zero-order chi connectivity index (χ0) is 20.8. The summed E-state index contributed by atoms with van der Waals surface area (Å²) in [5, 5.41) is 2.87. The normalized spacial score (nSPS) is 15.6. The third-order valence-electron chi connectivity index (χ3n) is 5.21. The Hall–Kier alpha value is -2.71. The van der Waals surface area contributed by atoms with Gasteiger partial charge in [0.15, 0.2) is 0 Å². The summed E-state index contributed by atoms with van der Waals surface area (Å²) in [5.41, 5.74) is 6.32. The molecule has 1 saturated heterocycles. The molecule has 2 amide bonds. The van der Waals surface area contributed by atoms with Gasteiger partial charge in [-0.2, -0.15) is 0 Å². The first-order valence-corrected chi connectivity index (χ1v) is 10.1.